The molecular weight excluding hydrogens is 525 g/mol. The van der Waals surface area contributed by atoms with Crippen molar-refractivity contribution in [1.29, 1.82) is 0 Å². The van der Waals surface area contributed by atoms with Crippen LogP contribution < -0.4 is 5.73 Å². The number of sulfone groups is 1. The van der Waals surface area contributed by atoms with E-state index in [1.807, 2.05) is 48.5 Å². The zero-order valence-corrected chi connectivity index (χ0v) is 22.1. The Kier molecular flexibility index (Phi) is 8.07. The molecule has 2 atom stereocenters. The van der Waals surface area contributed by atoms with Crippen LogP contribution in [0.2, 0.25) is 5.02 Å². The molecule has 0 aromatic heterocycles. The molecule has 4 nitrogen and oxygen atoms in total. The lowest BCUT2D eigenvalue weighted by Gasteiger charge is -2.56. The quantitative estimate of drug-likeness (QED) is 0.336. The minimum absolute atomic E-state index is 0.109. The second-order valence-electron chi connectivity index (χ2n) is 9.55. The van der Waals surface area contributed by atoms with Crippen LogP contribution in [0, 0.1) is 17.0 Å². The molecule has 3 aromatic carbocycles. The number of halogens is 4. The fraction of sp³-hybridized carbons (Fsp3) is 0.333. The van der Waals surface area contributed by atoms with Gasteiger partial charge in [-0.1, -0.05) is 48.0 Å². The summed E-state index contributed by atoms with van der Waals surface area (Å²) >= 11 is 12.1. The molecule has 192 valence electrons. The first-order valence-corrected chi connectivity index (χ1v) is 14.4. The van der Waals surface area contributed by atoms with Crippen LogP contribution in [0.25, 0.3) is 0 Å². The maximum absolute atomic E-state index is 14.1. The number of hydrogen-bond donors (Lipinski definition) is 1. The molecule has 1 aliphatic heterocycles. The molecule has 3 aromatic rings. The zero-order chi connectivity index (χ0) is 26.1. The maximum Gasteiger partial charge on any atom is 0.155 e. The van der Waals surface area contributed by atoms with Gasteiger partial charge in [-0.05, 0) is 59.5 Å². The zero-order valence-electron chi connectivity index (χ0n) is 19.8. The van der Waals surface area contributed by atoms with Crippen molar-refractivity contribution < 1.29 is 17.2 Å². The van der Waals surface area contributed by atoms with E-state index in [1.54, 1.807) is 0 Å². The number of nitrogens with two attached hydrogens (primary N) is 1. The van der Waals surface area contributed by atoms with E-state index < -0.39 is 32.1 Å². The molecule has 1 heterocycles. The van der Waals surface area contributed by atoms with Gasteiger partial charge in [0.25, 0.3) is 0 Å². The van der Waals surface area contributed by atoms with E-state index in [0.29, 0.717) is 30.4 Å². The fourth-order valence-corrected chi connectivity index (χ4v) is 7.63. The van der Waals surface area contributed by atoms with Gasteiger partial charge in [0.2, 0.25) is 0 Å². The van der Waals surface area contributed by atoms with E-state index >= 15 is 0 Å². The van der Waals surface area contributed by atoms with Crippen LogP contribution >= 0.6 is 23.2 Å². The molecule has 0 radical (unpaired) electrons. The average Bonchev–Trinajstić information content (AvgIpc) is 2.78. The second kappa shape index (κ2) is 10.8. The van der Waals surface area contributed by atoms with Crippen molar-refractivity contribution in [3.05, 3.63) is 106 Å². The molecule has 9 heteroatoms. The number of benzene rings is 3. The summed E-state index contributed by atoms with van der Waals surface area (Å²) in [5.41, 5.74) is 8.25. The standard InChI is InChI=1S/C27H28Cl2F2N2O2S/c1-36(34,35)26(21-12-23(30)14-24(31)13-21)27(10-11-32)16-33(17-27)25(20-6-8-22(29)9-7-20)19-4-2-18(15-28)3-5-19/h2-9,12-14,25-26H,10-11,15-17,32H2,1H3. The molecule has 0 bridgehead atoms. The van der Waals surface area contributed by atoms with Crippen molar-refractivity contribution in [3.63, 3.8) is 0 Å². The van der Waals surface area contributed by atoms with E-state index in [1.165, 1.54) is 0 Å². The number of likely N-dealkylation sites (tertiary alicyclic amines) is 1. The molecule has 2 unspecified atom stereocenters. The Morgan fingerprint density at radius 2 is 1.47 bits per heavy atom. The summed E-state index contributed by atoms with van der Waals surface area (Å²) in [7, 11) is -3.73. The summed E-state index contributed by atoms with van der Waals surface area (Å²) < 4.78 is 54.4. The smallest absolute Gasteiger partial charge is 0.155 e. The van der Waals surface area contributed by atoms with Crippen LogP contribution in [-0.2, 0) is 15.7 Å². The third-order valence-electron chi connectivity index (χ3n) is 6.85. The van der Waals surface area contributed by atoms with Crippen molar-refractivity contribution in [2.45, 2.75) is 23.6 Å². The van der Waals surface area contributed by atoms with Gasteiger partial charge in [0.15, 0.2) is 9.84 Å². The van der Waals surface area contributed by atoms with E-state index in [4.69, 9.17) is 28.9 Å². The van der Waals surface area contributed by atoms with E-state index in [9.17, 15) is 17.2 Å². The summed E-state index contributed by atoms with van der Waals surface area (Å²) in [5.74, 6) is -1.22. The highest BCUT2D eigenvalue weighted by atomic mass is 35.5. The van der Waals surface area contributed by atoms with E-state index in [-0.39, 0.29) is 18.2 Å². The van der Waals surface area contributed by atoms with Gasteiger partial charge in [0.1, 0.15) is 11.6 Å². The number of nitrogens with zero attached hydrogens (tertiary/aromatic N) is 1. The van der Waals surface area contributed by atoms with Crippen LogP contribution in [0.15, 0.2) is 66.7 Å². The van der Waals surface area contributed by atoms with Crippen molar-refractivity contribution >= 4 is 33.0 Å². The van der Waals surface area contributed by atoms with Gasteiger partial charge in [-0.25, -0.2) is 17.2 Å². The van der Waals surface area contributed by atoms with Gasteiger partial charge in [0, 0.05) is 41.7 Å². The van der Waals surface area contributed by atoms with Gasteiger partial charge < -0.3 is 5.73 Å². The lowest BCUT2D eigenvalue weighted by Crippen LogP contribution is -2.61. The number of hydrogen-bond acceptors (Lipinski definition) is 4. The molecule has 1 saturated heterocycles. The minimum Gasteiger partial charge on any atom is -0.330 e. The van der Waals surface area contributed by atoms with Crippen LogP contribution in [0.1, 0.15) is 40.0 Å². The lowest BCUT2D eigenvalue weighted by atomic mass is 9.70. The monoisotopic (exact) mass is 552 g/mol. The Morgan fingerprint density at radius 3 is 1.94 bits per heavy atom. The van der Waals surface area contributed by atoms with Crippen LogP contribution in [0.5, 0.6) is 0 Å². The van der Waals surface area contributed by atoms with Crippen LogP contribution in [0.4, 0.5) is 8.78 Å². The van der Waals surface area contributed by atoms with Crippen molar-refractivity contribution in [1.82, 2.24) is 4.90 Å². The topological polar surface area (TPSA) is 63.4 Å². The fourth-order valence-electron chi connectivity index (χ4n) is 5.52. The predicted molar refractivity (Wildman–Crippen MR) is 141 cm³/mol. The Bertz CT molecular complexity index is 1290. The Balaban J connectivity index is 1.75. The molecule has 1 fully saturated rings. The molecular formula is C27H28Cl2F2N2O2S. The highest BCUT2D eigenvalue weighted by Gasteiger charge is 2.54. The molecule has 1 aliphatic rings. The number of alkyl halides is 1. The van der Waals surface area contributed by atoms with E-state index in [2.05, 4.69) is 4.90 Å². The summed E-state index contributed by atoms with van der Waals surface area (Å²) in [6.45, 7) is 1.00. The first kappa shape index (κ1) is 27.0. The van der Waals surface area contributed by atoms with Crippen molar-refractivity contribution in [2.24, 2.45) is 11.1 Å². The molecule has 2 N–H and O–H groups in total. The molecule has 4 rings (SSSR count). The Hall–Kier alpha value is -2.03. The summed E-state index contributed by atoms with van der Waals surface area (Å²) in [4.78, 5) is 2.17. The molecule has 0 amide bonds. The lowest BCUT2D eigenvalue weighted by molar-refractivity contribution is -0.0299. The van der Waals surface area contributed by atoms with Crippen LogP contribution in [-0.4, -0.2) is 39.2 Å². The summed E-state index contributed by atoms with van der Waals surface area (Å²) in [6.07, 6.45) is 1.50. The summed E-state index contributed by atoms with van der Waals surface area (Å²) in [6, 6.07) is 18.3. The maximum atomic E-state index is 14.1. The Morgan fingerprint density at radius 1 is 0.944 bits per heavy atom. The highest BCUT2D eigenvalue weighted by molar-refractivity contribution is 7.91. The third kappa shape index (κ3) is 5.60. The molecule has 0 aliphatic carbocycles. The van der Waals surface area contributed by atoms with Gasteiger partial charge in [0.05, 0.1) is 11.3 Å². The van der Waals surface area contributed by atoms with Gasteiger partial charge >= 0.3 is 0 Å². The van der Waals surface area contributed by atoms with Crippen molar-refractivity contribution in [3.8, 4) is 0 Å². The SMILES string of the molecule is CS(=O)(=O)C(c1cc(F)cc(F)c1)C1(CCN)CN(C(c2ccc(Cl)cc2)c2ccc(CCl)cc2)C1. The average molecular weight is 554 g/mol. The third-order valence-corrected chi connectivity index (χ3v) is 9.04. The van der Waals surface area contributed by atoms with Gasteiger partial charge in [-0.15, -0.1) is 11.6 Å². The van der Waals surface area contributed by atoms with E-state index in [0.717, 1.165) is 41.1 Å². The first-order valence-electron chi connectivity index (χ1n) is 11.6. The second-order valence-corrected chi connectivity index (χ2v) is 12.4. The summed E-state index contributed by atoms with van der Waals surface area (Å²) in [5, 5.41) is -0.485. The van der Waals surface area contributed by atoms with Crippen LogP contribution in [0.3, 0.4) is 0 Å². The molecule has 36 heavy (non-hydrogen) atoms. The highest BCUT2D eigenvalue weighted by Crippen LogP contribution is 2.52. The normalized spacial score (nSPS) is 17.4. The first-order chi connectivity index (χ1) is 17.1. The predicted octanol–water partition coefficient (Wildman–Crippen LogP) is 5.88. The number of rotatable bonds is 9. The van der Waals surface area contributed by atoms with Gasteiger partial charge in [-0.2, -0.15) is 0 Å². The minimum atomic E-state index is -3.73. The molecule has 0 spiro atoms. The van der Waals surface area contributed by atoms with Gasteiger partial charge in [-0.3, -0.25) is 4.90 Å². The van der Waals surface area contributed by atoms with Crippen molar-refractivity contribution in [2.75, 3.05) is 25.9 Å². The largest absolute Gasteiger partial charge is 0.330 e. The Labute approximate surface area is 220 Å². The molecule has 0 saturated carbocycles.